The highest BCUT2D eigenvalue weighted by molar-refractivity contribution is 6.31. The molecule has 5 heteroatoms. The Morgan fingerprint density at radius 2 is 2.10 bits per heavy atom. The first-order valence-electron chi connectivity index (χ1n) is 7.14. The van der Waals surface area contributed by atoms with Gasteiger partial charge in [-0.15, -0.1) is 0 Å². The van der Waals surface area contributed by atoms with Crippen LogP contribution in [0.4, 0.5) is 5.69 Å². The predicted molar refractivity (Wildman–Crippen MR) is 82.8 cm³/mol. The number of hydrogen-bond donors (Lipinski definition) is 3. The number of benzene rings is 1. The molecule has 4 nitrogen and oxygen atoms in total. The SMILES string of the molecule is CCC1(CNC(=O)c2cc(Cl)ccc2NN)CCCC1. The Morgan fingerprint density at radius 1 is 1.40 bits per heavy atom. The third kappa shape index (κ3) is 3.25. The lowest BCUT2D eigenvalue weighted by atomic mass is 9.83. The Labute approximate surface area is 125 Å². The molecule has 0 aliphatic heterocycles. The molecule has 0 radical (unpaired) electrons. The minimum atomic E-state index is -0.125. The molecule has 1 aromatic carbocycles. The van der Waals surface area contributed by atoms with Crippen molar-refractivity contribution in [2.24, 2.45) is 11.3 Å². The maximum absolute atomic E-state index is 12.3. The maximum Gasteiger partial charge on any atom is 0.253 e. The van der Waals surface area contributed by atoms with Gasteiger partial charge in [0.2, 0.25) is 0 Å². The highest BCUT2D eigenvalue weighted by Crippen LogP contribution is 2.40. The van der Waals surface area contributed by atoms with Crippen LogP contribution in [0.25, 0.3) is 0 Å². The van der Waals surface area contributed by atoms with E-state index < -0.39 is 0 Å². The molecule has 4 N–H and O–H groups in total. The van der Waals surface area contributed by atoms with Gasteiger partial charge in [-0.05, 0) is 42.9 Å². The number of nitrogens with two attached hydrogens (primary N) is 1. The summed E-state index contributed by atoms with van der Waals surface area (Å²) < 4.78 is 0. The Morgan fingerprint density at radius 3 is 2.70 bits per heavy atom. The van der Waals surface area contributed by atoms with E-state index in [1.165, 1.54) is 25.7 Å². The Bertz CT molecular complexity index is 484. The number of amides is 1. The van der Waals surface area contributed by atoms with Gasteiger partial charge in [0.15, 0.2) is 0 Å². The zero-order valence-electron chi connectivity index (χ0n) is 11.8. The fourth-order valence-electron chi connectivity index (χ4n) is 2.97. The molecule has 2 rings (SSSR count). The highest BCUT2D eigenvalue weighted by atomic mass is 35.5. The number of rotatable bonds is 5. The number of nitrogen functional groups attached to an aromatic ring is 1. The molecular formula is C15H22ClN3O. The second-order valence-corrected chi connectivity index (χ2v) is 6.01. The van der Waals surface area contributed by atoms with Crippen molar-refractivity contribution in [2.75, 3.05) is 12.0 Å². The molecular weight excluding hydrogens is 274 g/mol. The number of carbonyl (C=O) groups excluding carboxylic acids is 1. The summed E-state index contributed by atoms with van der Waals surface area (Å²) >= 11 is 5.95. The molecule has 0 bridgehead atoms. The van der Waals surface area contributed by atoms with E-state index >= 15 is 0 Å². The van der Waals surface area contributed by atoms with Crippen molar-refractivity contribution >= 4 is 23.2 Å². The van der Waals surface area contributed by atoms with E-state index in [0.29, 0.717) is 16.3 Å². The smallest absolute Gasteiger partial charge is 0.253 e. The number of anilines is 1. The largest absolute Gasteiger partial charge is 0.351 e. The molecule has 1 aliphatic rings. The van der Waals surface area contributed by atoms with E-state index in [2.05, 4.69) is 17.7 Å². The average molecular weight is 296 g/mol. The van der Waals surface area contributed by atoms with Gasteiger partial charge >= 0.3 is 0 Å². The summed E-state index contributed by atoms with van der Waals surface area (Å²) in [7, 11) is 0. The number of nitrogens with one attached hydrogen (secondary N) is 2. The summed E-state index contributed by atoms with van der Waals surface area (Å²) in [5.41, 5.74) is 3.88. The number of hydrogen-bond acceptors (Lipinski definition) is 3. The summed E-state index contributed by atoms with van der Waals surface area (Å²) in [6, 6.07) is 5.06. The molecule has 0 heterocycles. The molecule has 0 atom stereocenters. The zero-order chi connectivity index (χ0) is 14.6. The first-order chi connectivity index (χ1) is 9.60. The fraction of sp³-hybridized carbons (Fsp3) is 0.533. The predicted octanol–water partition coefficient (Wildman–Crippen LogP) is 3.33. The van der Waals surface area contributed by atoms with Gasteiger partial charge in [0.1, 0.15) is 0 Å². The summed E-state index contributed by atoms with van der Waals surface area (Å²) in [6.45, 7) is 2.92. The van der Waals surface area contributed by atoms with Crippen LogP contribution in [0.2, 0.25) is 5.02 Å². The lowest BCUT2D eigenvalue weighted by molar-refractivity contribution is 0.0929. The van der Waals surface area contributed by atoms with Gasteiger partial charge in [0.25, 0.3) is 5.91 Å². The van der Waals surface area contributed by atoms with Gasteiger partial charge in [0, 0.05) is 11.6 Å². The number of hydrazine groups is 1. The van der Waals surface area contributed by atoms with Gasteiger partial charge in [0.05, 0.1) is 11.3 Å². The third-order valence-electron chi connectivity index (χ3n) is 4.42. The van der Waals surface area contributed by atoms with Crippen LogP contribution in [0.15, 0.2) is 18.2 Å². The molecule has 110 valence electrons. The molecule has 0 saturated heterocycles. The van der Waals surface area contributed by atoms with E-state index in [-0.39, 0.29) is 11.3 Å². The topological polar surface area (TPSA) is 67.2 Å². The van der Waals surface area contributed by atoms with Crippen LogP contribution in [-0.2, 0) is 0 Å². The van der Waals surface area contributed by atoms with Crippen molar-refractivity contribution in [2.45, 2.75) is 39.0 Å². The van der Waals surface area contributed by atoms with E-state index in [4.69, 9.17) is 17.4 Å². The van der Waals surface area contributed by atoms with Crippen LogP contribution in [0, 0.1) is 5.41 Å². The molecule has 1 aliphatic carbocycles. The first-order valence-corrected chi connectivity index (χ1v) is 7.52. The molecule has 0 unspecified atom stereocenters. The van der Waals surface area contributed by atoms with Gasteiger partial charge in [-0.25, -0.2) is 0 Å². The second kappa shape index (κ2) is 6.46. The maximum atomic E-state index is 12.3. The van der Waals surface area contributed by atoms with Crippen LogP contribution in [0.5, 0.6) is 0 Å². The normalized spacial score (nSPS) is 16.9. The van der Waals surface area contributed by atoms with Crippen molar-refractivity contribution in [1.29, 1.82) is 0 Å². The minimum Gasteiger partial charge on any atom is -0.351 e. The van der Waals surface area contributed by atoms with Crippen molar-refractivity contribution < 1.29 is 4.79 Å². The van der Waals surface area contributed by atoms with Crippen LogP contribution in [0.1, 0.15) is 49.4 Å². The first kappa shape index (κ1) is 15.1. The summed E-state index contributed by atoms with van der Waals surface area (Å²) in [5.74, 6) is 5.31. The Hall–Kier alpha value is -1.26. The molecule has 1 aromatic rings. The van der Waals surface area contributed by atoms with Crippen molar-refractivity contribution in [3.63, 3.8) is 0 Å². The molecule has 0 aromatic heterocycles. The molecule has 1 amide bonds. The lowest BCUT2D eigenvalue weighted by Gasteiger charge is -2.27. The third-order valence-corrected chi connectivity index (χ3v) is 4.65. The highest BCUT2D eigenvalue weighted by Gasteiger charge is 2.32. The van der Waals surface area contributed by atoms with E-state index in [1.807, 2.05) is 0 Å². The quantitative estimate of drug-likeness (QED) is 0.576. The van der Waals surface area contributed by atoms with E-state index in [0.717, 1.165) is 13.0 Å². The van der Waals surface area contributed by atoms with Gasteiger partial charge in [-0.1, -0.05) is 31.4 Å². The lowest BCUT2D eigenvalue weighted by Crippen LogP contribution is -2.36. The standard InChI is InChI=1S/C15H22ClN3O/c1-2-15(7-3-4-8-15)10-18-14(20)12-9-11(16)5-6-13(12)19-17/h5-6,9,19H,2-4,7-8,10,17H2,1H3,(H,18,20). The van der Waals surface area contributed by atoms with Gasteiger partial charge in [-0.2, -0.15) is 0 Å². The molecule has 1 fully saturated rings. The monoisotopic (exact) mass is 295 g/mol. The van der Waals surface area contributed by atoms with Gasteiger partial charge in [-0.3, -0.25) is 10.6 Å². The van der Waals surface area contributed by atoms with Crippen molar-refractivity contribution in [1.82, 2.24) is 5.32 Å². The van der Waals surface area contributed by atoms with Crippen molar-refractivity contribution in [3.05, 3.63) is 28.8 Å². The van der Waals surface area contributed by atoms with E-state index in [9.17, 15) is 4.79 Å². The number of carbonyl (C=O) groups is 1. The summed E-state index contributed by atoms with van der Waals surface area (Å²) in [5, 5.41) is 3.57. The van der Waals surface area contributed by atoms with Crippen LogP contribution < -0.4 is 16.6 Å². The van der Waals surface area contributed by atoms with Crippen LogP contribution in [-0.4, -0.2) is 12.5 Å². The summed E-state index contributed by atoms with van der Waals surface area (Å²) in [4.78, 5) is 12.3. The number of halogens is 1. The Kier molecular flexibility index (Phi) is 4.89. The van der Waals surface area contributed by atoms with Crippen molar-refractivity contribution in [3.8, 4) is 0 Å². The molecule has 20 heavy (non-hydrogen) atoms. The molecule has 1 saturated carbocycles. The van der Waals surface area contributed by atoms with Crippen LogP contribution in [0.3, 0.4) is 0 Å². The van der Waals surface area contributed by atoms with E-state index in [1.54, 1.807) is 18.2 Å². The summed E-state index contributed by atoms with van der Waals surface area (Å²) in [6.07, 6.45) is 6.01. The van der Waals surface area contributed by atoms with Crippen LogP contribution >= 0.6 is 11.6 Å². The second-order valence-electron chi connectivity index (χ2n) is 5.58. The zero-order valence-corrected chi connectivity index (χ0v) is 12.6. The molecule has 0 spiro atoms. The minimum absolute atomic E-state index is 0.125. The Balaban J connectivity index is 2.06. The average Bonchev–Trinajstić information content (AvgIpc) is 2.94. The van der Waals surface area contributed by atoms with Gasteiger partial charge < -0.3 is 10.7 Å². The fourth-order valence-corrected chi connectivity index (χ4v) is 3.15.